The van der Waals surface area contributed by atoms with Crippen molar-refractivity contribution in [2.24, 2.45) is 0 Å². The summed E-state index contributed by atoms with van der Waals surface area (Å²) in [6.45, 7) is 3.13. The lowest BCUT2D eigenvalue weighted by molar-refractivity contribution is -0.166. The first-order valence-corrected chi connectivity index (χ1v) is 7.79. The average Bonchev–Trinajstić information content (AvgIpc) is 2.49. The molecule has 1 saturated heterocycles. The molecule has 0 N–H and O–H groups in total. The Labute approximate surface area is 130 Å². The number of carbonyl (C=O) groups excluding carboxylic acids is 2. The van der Waals surface area contributed by atoms with Crippen LogP contribution in [0.25, 0.3) is 0 Å². The van der Waals surface area contributed by atoms with Gasteiger partial charge in [0.2, 0.25) is 0 Å². The second kappa shape index (κ2) is 6.05. The number of rotatable bonds is 3. The molecule has 1 fully saturated rings. The third kappa shape index (κ3) is 2.97. The quantitative estimate of drug-likeness (QED) is 0.805. The third-order valence-electron chi connectivity index (χ3n) is 4.53. The molecule has 22 heavy (non-hydrogen) atoms. The molecule has 0 spiro atoms. The summed E-state index contributed by atoms with van der Waals surface area (Å²) in [6.07, 6.45) is 5.53. The van der Waals surface area contributed by atoms with Gasteiger partial charge in [0.25, 0.3) is 0 Å². The molecule has 0 amide bonds. The zero-order valence-corrected chi connectivity index (χ0v) is 12.8. The number of ketones is 1. The number of hydrogen-bond acceptors (Lipinski definition) is 4. The summed E-state index contributed by atoms with van der Waals surface area (Å²) in [5.74, 6) is -0.182. The van der Waals surface area contributed by atoms with E-state index < -0.39 is 5.60 Å². The number of allylic oxidation sites excluding steroid dienone is 1. The van der Waals surface area contributed by atoms with Crippen molar-refractivity contribution in [3.8, 4) is 0 Å². The van der Waals surface area contributed by atoms with Gasteiger partial charge < -0.3 is 4.74 Å². The van der Waals surface area contributed by atoms with Crippen molar-refractivity contribution >= 4 is 11.8 Å². The van der Waals surface area contributed by atoms with E-state index in [1.807, 2.05) is 24.3 Å². The van der Waals surface area contributed by atoms with Crippen molar-refractivity contribution in [3.05, 3.63) is 48.0 Å². The SMILES string of the molecule is CC(=O)O[C@]12C=CC(=O)C[C@H]1N(Cc1ccccc1)CCC2. The zero-order chi connectivity index (χ0) is 15.6. The molecule has 3 rings (SSSR count). The molecule has 0 bridgehead atoms. The highest BCUT2D eigenvalue weighted by atomic mass is 16.6. The van der Waals surface area contributed by atoms with Gasteiger partial charge in [0.1, 0.15) is 5.60 Å². The average molecular weight is 299 g/mol. The second-order valence-electron chi connectivity index (χ2n) is 6.13. The van der Waals surface area contributed by atoms with Gasteiger partial charge in [-0.15, -0.1) is 0 Å². The van der Waals surface area contributed by atoms with E-state index in [9.17, 15) is 9.59 Å². The number of esters is 1. The summed E-state index contributed by atoms with van der Waals surface area (Å²) in [5.41, 5.74) is 0.565. The summed E-state index contributed by atoms with van der Waals surface area (Å²) in [4.78, 5) is 25.7. The number of nitrogens with zero attached hydrogens (tertiary/aromatic N) is 1. The van der Waals surface area contributed by atoms with E-state index in [-0.39, 0.29) is 17.8 Å². The molecule has 1 aliphatic carbocycles. The molecule has 4 heteroatoms. The van der Waals surface area contributed by atoms with Crippen LogP contribution in [-0.2, 0) is 20.9 Å². The Morgan fingerprint density at radius 2 is 2.14 bits per heavy atom. The van der Waals surface area contributed by atoms with E-state index in [0.29, 0.717) is 6.42 Å². The molecule has 0 radical (unpaired) electrons. The number of hydrogen-bond donors (Lipinski definition) is 0. The van der Waals surface area contributed by atoms with Crippen molar-refractivity contribution in [2.75, 3.05) is 6.54 Å². The normalized spacial score (nSPS) is 28.2. The highest BCUT2D eigenvalue weighted by Crippen LogP contribution is 2.38. The molecule has 2 aliphatic rings. The van der Waals surface area contributed by atoms with Crippen LogP contribution in [0, 0.1) is 0 Å². The predicted octanol–water partition coefficient (Wildman–Crippen LogP) is 2.48. The Morgan fingerprint density at radius 3 is 2.86 bits per heavy atom. The van der Waals surface area contributed by atoms with E-state index >= 15 is 0 Å². The van der Waals surface area contributed by atoms with Crippen LogP contribution in [0.15, 0.2) is 42.5 Å². The highest BCUT2D eigenvalue weighted by molar-refractivity contribution is 5.91. The number of carbonyl (C=O) groups is 2. The van der Waals surface area contributed by atoms with Crippen molar-refractivity contribution in [1.82, 2.24) is 4.90 Å². The van der Waals surface area contributed by atoms with Crippen LogP contribution in [-0.4, -0.2) is 34.8 Å². The first-order chi connectivity index (χ1) is 10.6. The maximum atomic E-state index is 11.9. The van der Waals surface area contributed by atoms with E-state index in [2.05, 4.69) is 17.0 Å². The van der Waals surface area contributed by atoms with Crippen LogP contribution in [0.2, 0.25) is 0 Å². The maximum absolute atomic E-state index is 11.9. The lowest BCUT2D eigenvalue weighted by Crippen LogP contribution is -2.59. The van der Waals surface area contributed by atoms with Gasteiger partial charge in [-0.3, -0.25) is 14.5 Å². The molecular weight excluding hydrogens is 278 g/mol. The Bertz CT molecular complexity index is 596. The summed E-state index contributed by atoms with van der Waals surface area (Å²) in [7, 11) is 0. The number of ether oxygens (including phenoxy) is 1. The fourth-order valence-corrected chi connectivity index (χ4v) is 3.61. The number of piperidine rings is 1. The second-order valence-corrected chi connectivity index (χ2v) is 6.13. The first kappa shape index (κ1) is 15.0. The van der Waals surface area contributed by atoms with Crippen molar-refractivity contribution in [1.29, 1.82) is 0 Å². The Hall–Kier alpha value is -1.94. The van der Waals surface area contributed by atoms with Crippen LogP contribution in [0.4, 0.5) is 0 Å². The van der Waals surface area contributed by atoms with Crippen LogP contribution in [0.1, 0.15) is 31.7 Å². The third-order valence-corrected chi connectivity index (χ3v) is 4.53. The monoisotopic (exact) mass is 299 g/mol. The van der Waals surface area contributed by atoms with Crippen LogP contribution < -0.4 is 0 Å². The summed E-state index contributed by atoms with van der Waals surface area (Å²) < 4.78 is 5.68. The number of likely N-dealkylation sites (tertiary alicyclic amines) is 1. The van der Waals surface area contributed by atoms with Gasteiger partial charge in [0.15, 0.2) is 5.78 Å². The van der Waals surface area contributed by atoms with Gasteiger partial charge in [-0.25, -0.2) is 0 Å². The van der Waals surface area contributed by atoms with Gasteiger partial charge in [0.05, 0.1) is 6.04 Å². The summed E-state index contributed by atoms with van der Waals surface area (Å²) >= 11 is 0. The summed E-state index contributed by atoms with van der Waals surface area (Å²) in [6, 6.07) is 10.1. The largest absolute Gasteiger partial charge is 0.453 e. The van der Waals surface area contributed by atoms with E-state index in [4.69, 9.17) is 4.74 Å². The predicted molar refractivity (Wildman–Crippen MR) is 83.1 cm³/mol. The van der Waals surface area contributed by atoms with Gasteiger partial charge in [-0.1, -0.05) is 30.3 Å². The van der Waals surface area contributed by atoms with Gasteiger partial charge in [-0.05, 0) is 37.1 Å². The topological polar surface area (TPSA) is 46.6 Å². The molecule has 0 saturated carbocycles. The molecular formula is C18H21NO3. The van der Waals surface area contributed by atoms with Crippen LogP contribution in [0.3, 0.4) is 0 Å². The molecule has 1 heterocycles. The van der Waals surface area contributed by atoms with Crippen LogP contribution in [0.5, 0.6) is 0 Å². The minimum atomic E-state index is -0.646. The van der Waals surface area contributed by atoms with Crippen molar-refractivity contribution in [3.63, 3.8) is 0 Å². The smallest absolute Gasteiger partial charge is 0.303 e. The molecule has 2 atom stereocenters. The van der Waals surface area contributed by atoms with Crippen molar-refractivity contribution < 1.29 is 14.3 Å². The summed E-state index contributed by atoms with van der Waals surface area (Å²) in [5, 5.41) is 0. The molecule has 0 aromatic heterocycles. The lowest BCUT2D eigenvalue weighted by Gasteiger charge is -2.49. The lowest BCUT2D eigenvalue weighted by atomic mass is 9.77. The number of fused-ring (bicyclic) bond motifs is 1. The molecule has 4 nitrogen and oxygen atoms in total. The highest BCUT2D eigenvalue weighted by Gasteiger charge is 2.48. The van der Waals surface area contributed by atoms with Gasteiger partial charge >= 0.3 is 5.97 Å². The Kier molecular flexibility index (Phi) is 4.12. The number of benzene rings is 1. The van der Waals surface area contributed by atoms with Gasteiger partial charge in [-0.2, -0.15) is 0 Å². The Balaban J connectivity index is 1.87. The minimum absolute atomic E-state index is 0.0668. The van der Waals surface area contributed by atoms with Crippen LogP contribution >= 0.6 is 0 Å². The fraction of sp³-hybridized carbons (Fsp3) is 0.444. The zero-order valence-electron chi connectivity index (χ0n) is 12.8. The van der Waals surface area contributed by atoms with Gasteiger partial charge in [0, 0.05) is 19.9 Å². The maximum Gasteiger partial charge on any atom is 0.303 e. The Morgan fingerprint density at radius 1 is 1.36 bits per heavy atom. The minimum Gasteiger partial charge on any atom is -0.453 e. The molecule has 1 aromatic rings. The molecule has 1 aromatic carbocycles. The van der Waals surface area contributed by atoms with Crippen molar-refractivity contribution in [2.45, 2.75) is 44.4 Å². The van der Waals surface area contributed by atoms with E-state index in [1.165, 1.54) is 12.5 Å². The van der Waals surface area contributed by atoms with E-state index in [1.54, 1.807) is 6.08 Å². The standard InChI is InChI=1S/C18H21NO3/c1-14(20)22-18-9-5-11-19(13-15-6-3-2-4-7-15)17(18)12-16(21)8-10-18/h2-4,6-8,10,17H,5,9,11-13H2,1H3/t17-,18-/m1/s1. The molecule has 1 aliphatic heterocycles. The molecule has 116 valence electrons. The first-order valence-electron chi connectivity index (χ1n) is 7.79. The molecule has 0 unspecified atom stereocenters. The van der Waals surface area contributed by atoms with E-state index in [0.717, 1.165) is 25.9 Å². The fourth-order valence-electron chi connectivity index (χ4n) is 3.61.